The zero-order chi connectivity index (χ0) is 20.3. The number of carbonyl (C=O) groups excluding carboxylic acids is 2. The Labute approximate surface area is 167 Å². The Morgan fingerprint density at radius 3 is 2.07 bits per heavy atom. The Morgan fingerprint density at radius 1 is 1.00 bits per heavy atom. The molecule has 2 heterocycles. The molecule has 0 aromatic rings. The zero-order valence-corrected chi connectivity index (χ0v) is 18.5. The lowest BCUT2D eigenvalue weighted by Crippen LogP contribution is -2.47. The zero-order valence-electron chi connectivity index (χ0n) is 18.5. The van der Waals surface area contributed by atoms with Crippen LogP contribution in [0.4, 0.5) is 0 Å². The first-order valence-electron chi connectivity index (χ1n) is 11.1. The normalized spacial score (nSPS) is 19.4. The Balaban J connectivity index is 0.00000114. The number of hydrogen-bond acceptors (Lipinski definition) is 4. The molecule has 0 bridgehead atoms. The van der Waals surface area contributed by atoms with E-state index in [-0.39, 0.29) is 11.7 Å². The summed E-state index contributed by atoms with van der Waals surface area (Å²) in [5.41, 5.74) is -0.555. The van der Waals surface area contributed by atoms with E-state index in [4.69, 9.17) is 0 Å². The van der Waals surface area contributed by atoms with Gasteiger partial charge in [0.15, 0.2) is 0 Å². The van der Waals surface area contributed by atoms with Gasteiger partial charge in [0.1, 0.15) is 5.78 Å². The molecule has 1 amide bonds. The molecule has 2 fully saturated rings. The molecular weight excluding hydrogens is 338 g/mol. The van der Waals surface area contributed by atoms with Crippen molar-refractivity contribution in [3.8, 4) is 0 Å². The molecule has 0 atom stereocenters. The van der Waals surface area contributed by atoms with E-state index >= 15 is 0 Å². The van der Waals surface area contributed by atoms with Gasteiger partial charge >= 0.3 is 0 Å². The molecule has 2 aliphatic heterocycles. The maximum atomic E-state index is 12.7. The minimum absolute atomic E-state index is 0.157. The summed E-state index contributed by atoms with van der Waals surface area (Å²) in [6.07, 6.45) is 5.60. The minimum Gasteiger partial charge on any atom is -0.342 e. The van der Waals surface area contributed by atoms with Crippen molar-refractivity contribution in [3.63, 3.8) is 0 Å². The van der Waals surface area contributed by atoms with Crippen molar-refractivity contribution in [3.05, 3.63) is 0 Å². The molecule has 0 spiro atoms. The second kappa shape index (κ2) is 12.5. The monoisotopic (exact) mass is 381 g/mol. The van der Waals surface area contributed by atoms with Crippen LogP contribution in [0.15, 0.2) is 0 Å². The van der Waals surface area contributed by atoms with Crippen molar-refractivity contribution in [1.82, 2.24) is 15.1 Å². The Hall–Kier alpha value is -0.940. The molecule has 0 aromatic heterocycles. The number of nitrogens with zero attached hydrogens (tertiary/aromatic N) is 2. The van der Waals surface area contributed by atoms with Gasteiger partial charge in [0.25, 0.3) is 0 Å². The minimum atomic E-state index is -0.555. The van der Waals surface area contributed by atoms with Crippen LogP contribution < -0.4 is 5.32 Å². The van der Waals surface area contributed by atoms with Gasteiger partial charge in [-0.15, -0.1) is 0 Å². The third-order valence-corrected chi connectivity index (χ3v) is 5.58. The van der Waals surface area contributed by atoms with E-state index in [2.05, 4.69) is 24.1 Å². The van der Waals surface area contributed by atoms with Gasteiger partial charge < -0.3 is 15.1 Å². The van der Waals surface area contributed by atoms with Crippen LogP contribution in [0.2, 0.25) is 0 Å². The topological polar surface area (TPSA) is 52.7 Å². The second-order valence-corrected chi connectivity index (χ2v) is 8.78. The molecular formula is C22H43N3O2. The van der Waals surface area contributed by atoms with E-state index in [0.717, 1.165) is 58.0 Å². The second-order valence-electron chi connectivity index (χ2n) is 8.78. The highest BCUT2D eigenvalue weighted by atomic mass is 16.2. The lowest BCUT2D eigenvalue weighted by atomic mass is 9.83. The summed E-state index contributed by atoms with van der Waals surface area (Å²) in [5.74, 6) is 1.08. The summed E-state index contributed by atoms with van der Waals surface area (Å²) in [4.78, 5) is 29.0. The van der Waals surface area contributed by atoms with E-state index in [1.807, 2.05) is 25.7 Å². The van der Waals surface area contributed by atoms with Crippen molar-refractivity contribution in [2.24, 2.45) is 11.3 Å². The average molecular weight is 382 g/mol. The molecule has 5 nitrogen and oxygen atoms in total. The van der Waals surface area contributed by atoms with E-state index < -0.39 is 5.41 Å². The van der Waals surface area contributed by atoms with Crippen LogP contribution in [-0.4, -0.2) is 67.3 Å². The van der Waals surface area contributed by atoms with E-state index in [9.17, 15) is 9.59 Å². The number of carbonyl (C=O) groups is 2. The summed E-state index contributed by atoms with van der Waals surface area (Å²) in [7, 11) is 0. The van der Waals surface area contributed by atoms with Crippen LogP contribution in [0, 0.1) is 11.3 Å². The number of likely N-dealkylation sites (tertiary alicyclic amines) is 1. The Kier molecular flexibility index (Phi) is 11.2. The predicted molar refractivity (Wildman–Crippen MR) is 113 cm³/mol. The molecule has 0 saturated carbocycles. The molecule has 158 valence electrons. The number of nitrogens with one attached hydrogen (secondary N) is 1. The fourth-order valence-electron chi connectivity index (χ4n) is 3.85. The number of piperazine rings is 1. The van der Waals surface area contributed by atoms with Gasteiger partial charge in [0.2, 0.25) is 5.91 Å². The van der Waals surface area contributed by atoms with Crippen LogP contribution in [0.25, 0.3) is 0 Å². The fourth-order valence-corrected chi connectivity index (χ4v) is 3.85. The summed E-state index contributed by atoms with van der Waals surface area (Å²) < 4.78 is 0. The number of hydrogen-bond donors (Lipinski definition) is 1. The van der Waals surface area contributed by atoms with Crippen molar-refractivity contribution in [1.29, 1.82) is 0 Å². The molecule has 0 unspecified atom stereocenters. The van der Waals surface area contributed by atoms with Crippen LogP contribution in [0.1, 0.15) is 73.1 Å². The maximum Gasteiger partial charge on any atom is 0.228 e. The molecule has 2 saturated heterocycles. The smallest absolute Gasteiger partial charge is 0.228 e. The largest absolute Gasteiger partial charge is 0.342 e. The first-order valence-corrected chi connectivity index (χ1v) is 11.1. The number of piperidine rings is 1. The highest BCUT2D eigenvalue weighted by molar-refractivity contribution is 5.89. The molecule has 0 radical (unpaired) electrons. The van der Waals surface area contributed by atoms with Crippen molar-refractivity contribution >= 4 is 11.7 Å². The standard InChI is InChI=1S/C19H35N3O2.C3H8/c1-4-17(23)15-19(2,3)18(24)22-11-6-16(7-12-22)5-10-21-13-8-20-9-14-21;1-3-2/h16,20H,4-15H2,1-3H3;3H2,1-2H3. The summed E-state index contributed by atoms with van der Waals surface area (Å²) in [5, 5.41) is 3.39. The summed E-state index contributed by atoms with van der Waals surface area (Å²) in [6.45, 7) is 17.4. The predicted octanol–water partition coefficient (Wildman–Crippen LogP) is 3.33. The number of ketones is 1. The molecule has 5 heteroatoms. The van der Waals surface area contributed by atoms with Gasteiger partial charge in [-0.05, 0) is 31.7 Å². The molecule has 27 heavy (non-hydrogen) atoms. The van der Waals surface area contributed by atoms with E-state index in [1.54, 1.807) is 0 Å². The molecule has 0 aromatic carbocycles. The van der Waals surface area contributed by atoms with Gasteiger partial charge in [0.05, 0.1) is 5.41 Å². The van der Waals surface area contributed by atoms with E-state index in [0.29, 0.717) is 12.8 Å². The van der Waals surface area contributed by atoms with Crippen molar-refractivity contribution in [2.45, 2.75) is 73.1 Å². The lowest BCUT2D eigenvalue weighted by Gasteiger charge is -2.37. The fraction of sp³-hybridized carbons (Fsp3) is 0.909. The van der Waals surface area contributed by atoms with Gasteiger partial charge in [-0.3, -0.25) is 9.59 Å². The first kappa shape index (κ1) is 24.1. The SMILES string of the molecule is CCC.CCC(=O)CC(C)(C)C(=O)N1CCC(CCN2CCNCC2)CC1. The van der Waals surface area contributed by atoms with Crippen LogP contribution in [0.3, 0.4) is 0 Å². The maximum absolute atomic E-state index is 12.7. The first-order chi connectivity index (χ1) is 12.8. The highest BCUT2D eigenvalue weighted by Gasteiger charge is 2.35. The quantitative estimate of drug-likeness (QED) is 0.735. The molecule has 2 rings (SSSR count). The van der Waals surface area contributed by atoms with Gasteiger partial charge in [0, 0.05) is 52.1 Å². The number of amides is 1. The van der Waals surface area contributed by atoms with Crippen molar-refractivity contribution in [2.75, 3.05) is 45.8 Å². The van der Waals surface area contributed by atoms with E-state index in [1.165, 1.54) is 19.4 Å². The van der Waals surface area contributed by atoms with Crippen LogP contribution >= 0.6 is 0 Å². The third kappa shape index (κ3) is 8.73. The molecule has 2 aliphatic rings. The van der Waals surface area contributed by atoms with Crippen LogP contribution in [-0.2, 0) is 9.59 Å². The summed E-state index contributed by atoms with van der Waals surface area (Å²) in [6, 6.07) is 0. The van der Waals surface area contributed by atoms with Gasteiger partial charge in [-0.25, -0.2) is 0 Å². The van der Waals surface area contributed by atoms with Crippen LogP contribution in [0.5, 0.6) is 0 Å². The highest BCUT2D eigenvalue weighted by Crippen LogP contribution is 2.28. The third-order valence-electron chi connectivity index (χ3n) is 5.58. The van der Waals surface area contributed by atoms with Gasteiger partial charge in [-0.1, -0.05) is 41.0 Å². The average Bonchev–Trinajstić information content (AvgIpc) is 2.67. The molecule has 0 aliphatic carbocycles. The number of rotatable bonds is 7. The van der Waals surface area contributed by atoms with Gasteiger partial charge in [-0.2, -0.15) is 0 Å². The summed E-state index contributed by atoms with van der Waals surface area (Å²) >= 11 is 0. The lowest BCUT2D eigenvalue weighted by molar-refractivity contribution is -0.144. The number of Topliss-reactive ketones (excluding diaryl/α,β-unsaturated/α-hetero) is 1. The Bertz CT molecular complexity index is 437. The molecule has 1 N–H and O–H groups in total. The Morgan fingerprint density at radius 2 is 1.56 bits per heavy atom. The van der Waals surface area contributed by atoms with Crippen molar-refractivity contribution < 1.29 is 9.59 Å².